The summed E-state index contributed by atoms with van der Waals surface area (Å²) in [5.74, 6) is 0. The van der Waals surface area contributed by atoms with E-state index in [0.717, 1.165) is 45.3 Å². The highest BCUT2D eigenvalue weighted by molar-refractivity contribution is 4.84. The molecule has 2 N–H and O–H groups in total. The fourth-order valence-corrected chi connectivity index (χ4v) is 2.06. The highest BCUT2D eigenvalue weighted by atomic mass is 16.3. The van der Waals surface area contributed by atoms with Gasteiger partial charge in [-0.25, -0.2) is 0 Å². The van der Waals surface area contributed by atoms with Crippen LogP contribution in [0, 0.1) is 0 Å². The quantitative estimate of drug-likeness (QED) is 0.722. The third kappa shape index (κ3) is 4.49. The molecule has 0 aromatic carbocycles. The Morgan fingerprint density at radius 2 is 1.93 bits per heavy atom. The largest absolute Gasteiger partial charge is 0.390 e. The van der Waals surface area contributed by atoms with Crippen molar-refractivity contribution in [2.24, 2.45) is 0 Å². The Balaban J connectivity index is 2.18. The first kappa shape index (κ1) is 12.9. The molecule has 3 nitrogen and oxygen atoms in total. The van der Waals surface area contributed by atoms with Crippen molar-refractivity contribution in [3.63, 3.8) is 0 Å². The molecule has 0 spiro atoms. The molecule has 15 heavy (non-hydrogen) atoms. The standard InChI is InChI=1S/C12H26N2O/c1-11(2)14(3)10-4-5-12(15)6-8-13-9-7-12/h11,13,15H,4-10H2,1-3H3. The molecular formula is C12H26N2O. The van der Waals surface area contributed by atoms with Gasteiger partial charge in [-0.1, -0.05) is 0 Å². The van der Waals surface area contributed by atoms with Crippen LogP contribution in [0.1, 0.15) is 39.5 Å². The summed E-state index contributed by atoms with van der Waals surface area (Å²) in [6.45, 7) is 7.44. The van der Waals surface area contributed by atoms with Crippen molar-refractivity contribution in [1.29, 1.82) is 0 Å². The van der Waals surface area contributed by atoms with E-state index in [9.17, 15) is 5.11 Å². The highest BCUT2D eigenvalue weighted by Gasteiger charge is 2.28. The maximum Gasteiger partial charge on any atom is 0.0672 e. The molecule has 0 aromatic rings. The molecule has 1 fully saturated rings. The topological polar surface area (TPSA) is 35.5 Å². The van der Waals surface area contributed by atoms with Gasteiger partial charge in [0.1, 0.15) is 0 Å². The Labute approximate surface area is 93.9 Å². The number of rotatable bonds is 5. The number of nitrogens with zero attached hydrogens (tertiary/aromatic N) is 1. The molecule has 0 aliphatic carbocycles. The summed E-state index contributed by atoms with van der Waals surface area (Å²) in [5, 5.41) is 13.6. The lowest BCUT2D eigenvalue weighted by Gasteiger charge is -2.33. The maximum atomic E-state index is 10.3. The predicted molar refractivity (Wildman–Crippen MR) is 64.1 cm³/mol. The summed E-state index contributed by atoms with van der Waals surface area (Å²) in [4.78, 5) is 2.34. The van der Waals surface area contributed by atoms with E-state index in [-0.39, 0.29) is 5.60 Å². The monoisotopic (exact) mass is 214 g/mol. The summed E-state index contributed by atoms with van der Waals surface area (Å²) < 4.78 is 0. The fraction of sp³-hybridized carbons (Fsp3) is 1.00. The molecular weight excluding hydrogens is 188 g/mol. The lowest BCUT2D eigenvalue weighted by molar-refractivity contribution is -0.00128. The molecule has 0 saturated carbocycles. The van der Waals surface area contributed by atoms with Crippen LogP contribution in [-0.2, 0) is 0 Å². The predicted octanol–water partition coefficient (Wildman–Crippen LogP) is 1.22. The van der Waals surface area contributed by atoms with Crippen LogP contribution in [-0.4, -0.2) is 48.3 Å². The van der Waals surface area contributed by atoms with Gasteiger partial charge in [-0.15, -0.1) is 0 Å². The van der Waals surface area contributed by atoms with Crippen LogP contribution in [0.25, 0.3) is 0 Å². The zero-order chi connectivity index (χ0) is 11.3. The van der Waals surface area contributed by atoms with Gasteiger partial charge in [0.2, 0.25) is 0 Å². The molecule has 1 rings (SSSR count). The van der Waals surface area contributed by atoms with Crippen molar-refractivity contribution in [1.82, 2.24) is 10.2 Å². The zero-order valence-electron chi connectivity index (χ0n) is 10.4. The van der Waals surface area contributed by atoms with Gasteiger partial charge in [0, 0.05) is 6.04 Å². The number of hydrogen-bond donors (Lipinski definition) is 2. The van der Waals surface area contributed by atoms with Gasteiger partial charge >= 0.3 is 0 Å². The van der Waals surface area contributed by atoms with Crippen LogP contribution in [0.5, 0.6) is 0 Å². The minimum atomic E-state index is -0.386. The molecule has 1 aliphatic heterocycles. The van der Waals surface area contributed by atoms with Crippen LogP contribution in [0.4, 0.5) is 0 Å². The molecule has 0 unspecified atom stereocenters. The summed E-state index contributed by atoms with van der Waals surface area (Å²) in [6, 6.07) is 0.604. The third-order valence-corrected chi connectivity index (χ3v) is 3.57. The Morgan fingerprint density at radius 3 is 2.47 bits per heavy atom. The number of nitrogens with one attached hydrogen (secondary N) is 1. The summed E-state index contributed by atoms with van der Waals surface area (Å²) in [6.07, 6.45) is 3.88. The Kier molecular flexibility index (Phi) is 5.03. The number of hydrogen-bond acceptors (Lipinski definition) is 3. The Bertz CT molecular complexity index is 176. The van der Waals surface area contributed by atoms with Crippen molar-refractivity contribution in [3.05, 3.63) is 0 Å². The molecule has 3 heteroatoms. The zero-order valence-corrected chi connectivity index (χ0v) is 10.4. The van der Waals surface area contributed by atoms with E-state index < -0.39 is 0 Å². The van der Waals surface area contributed by atoms with E-state index >= 15 is 0 Å². The first-order valence-corrected chi connectivity index (χ1v) is 6.17. The second-order valence-corrected chi connectivity index (χ2v) is 5.15. The lowest BCUT2D eigenvalue weighted by Crippen LogP contribution is -2.42. The van der Waals surface area contributed by atoms with Gasteiger partial charge in [0.15, 0.2) is 0 Å². The van der Waals surface area contributed by atoms with Gasteiger partial charge in [-0.3, -0.25) is 0 Å². The van der Waals surface area contributed by atoms with E-state index in [2.05, 4.69) is 31.1 Å². The van der Waals surface area contributed by atoms with Crippen LogP contribution in [0.3, 0.4) is 0 Å². The van der Waals surface area contributed by atoms with E-state index in [1.54, 1.807) is 0 Å². The molecule has 1 aliphatic rings. The van der Waals surface area contributed by atoms with Crippen LogP contribution < -0.4 is 5.32 Å². The smallest absolute Gasteiger partial charge is 0.0672 e. The van der Waals surface area contributed by atoms with Gasteiger partial charge in [0.25, 0.3) is 0 Å². The van der Waals surface area contributed by atoms with Gasteiger partial charge < -0.3 is 15.3 Å². The van der Waals surface area contributed by atoms with Gasteiger partial charge in [0.05, 0.1) is 5.60 Å². The minimum absolute atomic E-state index is 0.386. The summed E-state index contributed by atoms with van der Waals surface area (Å²) >= 11 is 0. The van der Waals surface area contributed by atoms with Crippen LogP contribution >= 0.6 is 0 Å². The Morgan fingerprint density at radius 1 is 1.33 bits per heavy atom. The van der Waals surface area contributed by atoms with Crippen molar-refractivity contribution in [2.45, 2.75) is 51.2 Å². The van der Waals surface area contributed by atoms with E-state index in [1.807, 2.05) is 0 Å². The molecule has 1 saturated heterocycles. The first-order valence-electron chi connectivity index (χ1n) is 6.17. The van der Waals surface area contributed by atoms with E-state index in [0.29, 0.717) is 6.04 Å². The average Bonchev–Trinajstić information content (AvgIpc) is 2.18. The summed E-state index contributed by atoms with van der Waals surface area (Å²) in [5.41, 5.74) is -0.386. The molecule has 1 heterocycles. The van der Waals surface area contributed by atoms with Gasteiger partial charge in [-0.2, -0.15) is 0 Å². The summed E-state index contributed by atoms with van der Waals surface area (Å²) in [7, 11) is 2.15. The normalized spacial score (nSPS) is 21.2. The minimum Gasteiger partial charge on any atom is -0.390 e. The molecule has 0 amide bonds. The second kappa shape index (κ2) is 5.83. The number of aliphatic hydroxyl groups is 1. The van der Waals surface area contributed by atoms with Gasteiger partial charge in [-0.05, 0) is 66.2 Å². The average molecular weight is 214 g/mol. The van der Waals surface area contributed by atoms with Crippen LogP contribution in [0.2, 0.25) is 0 Å². The molecule has 0 bridgehead atoms. The molecule has 0 aromatic heterocycles. The lowest BCUT2D eigenvalue weighted by atomic mass is 9.88. The third-order valence-electron chi connectivity index (χ3n) is 3.57. The number of piperidine rings is 1. The van der Waals surface area contributed by atoms with Crippen molar-refractivity contribution < 1.29 is 5.11 Å². The maximum absolute atomic E-state index is 10.3. The molecule has 0 radical (unpaired) electrons. The van der Waals surface area contributed by atoms with Crippen LogP contribution in [0.15, 0.2) is 0 Å². The van der Waals surface area contributed by atoms with Crippen molar-refractivity contribution >= 4 is 0 Å². The van der Waals surface area contributed by atoms with E-state index in [4.69, 9.17) is 0 Å². The van der Waals surface area contributed by atoms with E-state index in [1.165, 1.54) is 0 Å². The van der Waals surface area contributed by atoms with Crippen molar-refractivity contribution in [3.8, 4) is 0 Å². The fourth-order valence-electron chi connectivity index (χ4n) is 2.06. The van der Waals surface area contributed by atoms with Crippen molar-refractivity contribution in [2.75, 3.05) is 26.7 Å². The first-order chi connectivity index (χ1) is 7.03. The Hall–Kier alpha value is -0.120. The molecule has 0 atom stereocenters. The second-order valence-electron chi connectivity index (χ2n) is 5.15. The molecule has 90 valence electrons. The highest BCUT2D eigenvalue weighted by Crippen LogP contribution is 2.23. The SMILES string of the molecule is CC(C)N(C)CCCC1(O)CCNCC1.